The highest BCUT2D eigenvalue weighted by molar-refractivity contribution is 5.76. The van der Waals surface area contributed by atoms with Gasteiger partial charge in [-0.1, -0.05) is 12.1 Å². The summed E-state index contributed by atoms with van der Waals surface area (Å²) >= 11 is 0. The number of para-hydroxylation sites is 1. The van der Waals surface area contributed by atoms with E-state index in [1.54, 1.807) is 24.3 Å². The molecular weight excluding hydrogens is 590 g/mol. The van der Waals surface area contributed by atoms with E-state index in [1.807, 2.05) is 11.0 Å². The van der Waals surface area contributed by atoms with Crippen LogP contribution in [0, 0.1) is 0 Å². The first-order chi connectivity index (χ1) is 22.4. The molecule has 46 heavy (non-hydrogen) atoms. The summed E-state index contributed by atoms with van der Waals surface area (Å²) in [4.78, 5) is 29.8. The molecule has 1 unspecified atom stereocenters. The fourth-order valence-electron chi connectivity index (χ4n) is 5.65. The Bertz CT molecular complexity index is 1450. The molecule has 5 N–H and O–H groups in total. The van der Waals surface area contributed by atoms with E-state index in [0.29, 0.717) is 62.9 Å². The summed E-state index contributed by atoms with van der Waals surface area (Å²) in [7, 11) is 0. The lowest BCUT2D eigenvalue weighted by Gasteiger charge is -2.37. The maximum Gasteiger partial charge on any atom is 0.225 e. The van der Waals surface area contributed by atoms with E-state index in [1.165, 1.54) is 0 Å². The van der Waals surface area contributed by atoms with Crippen LogP contribution in [0.1, 0.15) is 25.7 Å². The summed E-state index contributed by atoms with van der Waals surface area (Å²) < 4.78 is 17.1. The highest BCUT2D eigenvalue weighted by atomic mass is 16.5. The van der Waals surface area contributed by atoms with Crippen LogP contribution in [0.5, 0.6) is 11.5 Å². The molecule has 1 atom stereocenters. The lowest BCUT2D eigenvalue weighted by Crippen LogP contribution is -2.49. The standard InChI is InChI=1S/C33H43N7O6/c34-31(42)11-18-44-20-21-45-19-12-32(43)39-16-14-38(15-17-39)24-7-9-25(10-8-24)40-13-3-4-26(23-40)46-30-22-28(36-37-33(30)35)27-5-1-2-6-29(27)41/h1-2,5-10,22,26,41H,3-4,11-21,23H2,(H2,34,42)(H2,35,37). The molecule has 0 radical (unpaired) electrons. The van der Waals surface area contributed by atoms with E-state index in [0.717, 1.165) is 43.9 Å². The molecule has 13 heteroatoms. The molecule has 0 saturated carbocycles. The molecule has 0 aliphatic carbocycles. The van der Waals surface area contributed by atoms with Crippen molar-refractivity contribution in [3.63, 3.8) is 0 Å². The molecule has 3 aromatic rings. The number of carbonyl (C=O) groups excluding carboxylic acids is 2. The van der Waals surface area contributed by atoms with E-state index in [-0.39, 0.29) is 36.6 Å². The smallest absolute Gasteiger partial charge is 0.225 e. The van der Waals surface area contributed by atoms with Crippen molar-refractivity contribution in [3.8, 4) is 22.8 Å². The Morgan fingerprint density at radius 2 is 1.52 bits per heavy atom. The predicted molar refractivity (Wildman–Crippen MR) is 175 cm³/mol. The molecule has 2 aromatic carbocycles. The van der Waals surface area contributed by atoms with Crippen molar-refractivity contribution in [1.82, 2.24) is 15.1 Å². The molecular formula is C33H43N7O6. The number of hydrogen-bond acceptors (Lipinski definition) is 11. The van der Waals surface area contributed by atoms with Crippen molar-refractivity contribution >= 4 is 29.0 Å². The monoisotopic (exact) mass is 633 g/mol. The van der Waals surface area contributed by atoms with Crippen LogP contribution < -0.4 is 26.0 Å². The molecule has 0 spiro atoms. The second-order valence-corrected chi connectivity index (χ2v) is 11.4. The fraction of sp³-hybridized carbons (Fsp3) is 0.455. The Morgan fingerprint density at radius 3 is 2.22 bits per heavy atom. The van der Waals surface area contributed by atoms with Gasteiger partial charge in [0.15, 0.2) is 11.6 Å². The third-order valence-corrected chi connectivity index (χ3v) is 8.17. The van der Waals surface area contributed by atoms with Gasteiger partial charge in [-0.25, -0.2) is 0 Å². The number of phenolic OH excluding ortho intramolecular Hbond substituents is 1. The molecule has 246 valence electrons. The maximum atomic E-state index is 12.6. The number of nitrogens with two attached hydrogens (primary N) is 2. The number of benzene rings is 2. The number of nitrogens with zero attached hydrogens (tertiary/aromatic N) is 5. The summed E-state index contributed by atoms with van der Waals surface area (Å²) in [6.07, 6.45) is 2.32. The SMILES string of the molecule is NC(=O)CCOCCOCCC(=O)N1CCN(c2ccc(N3CCCC(Oc4cc(-c5ccccc5O)nnc4N)C3)cc2)CC1. The number of aromatic hydroxyl groups is 1. The highest BCUT2D eigenvalue weighted by Crippen LogP contribution is 2.32. The van der Waals surface area contributed by atoms with E-state index in [9.17, 15) is 14.7 Å². The number of primary amides is 1. The molecule has 2 aliphatic rings. The molecule has 3 heterocycles. The molecule has 1 aromatic heterocycles. The van der Waals surface area contributed by atoms with Crippen LogP contribution in [0.15, 0.2) is 54.6 Å². The molecule has 2 fully saturated rings. The van der Waals surface area contributed by atoms with Crippen molar-refractivity contribution in [2.24, 2.45) is 5.73 Å². The average Bonchev–Trinajstić information content (AvgIpc) is 3.07. The summed E-state index contributed by atoms with van der Waals surface area (Å²) in [5, 5.41) is 18.5. The first-order valence-electron chi connectivity index (χ1n) is 15.8. The minimum absolute atomic E-state index is 0.0743. The van der Waals surface area contributed by atoms with Gasteiger partial charge in [0.25, 0.3) is 0 Å². The van der Waals surface area contributed by atoms with Crippen LogP contribution in [-0.2, 0) is 19.1 Å². The number of carbonyl (C=O) groups is 2. The Balaban J connectivity index is 1.06. The minimum Gasteiger partial charge on any atom is -0.507 e. The summed E-state index contributed by atoms with van der Waals surface area (Å²) in [6.45, 7) is 5.87. The molecule has 13 nitrogen and oxygen atoms in total. The summed E-state index contributed by atoms with van der Waals surface area (Å²) in [5.41, 5.74) is 14.5. The van der Waals surface area contributed by atoms with Crippen LogP contribution in [-0.4, -0.2) is 104 Å². The Labute approximate surface area is 269 Å². The van der Waals surface area contributed by atoms with Crippen LogP contribution in [0.4, 0.5) is 17.2 Å². The zero-order valence-corrected chi connectivity index (χ0v) is 26.1. The first kappa shape index (κ1) is 32.8. The van der Waals surface area contributed by atoms with Gasteiger partial charge in [0.05, 0.1) is 39.4 Å². The van der Waals surface area contributed by atoms with Crippen LogP contribution in [0.3, 0.4) is 0 Å². The number of aromatic nitrogens is 2. The van der Waals surface area contributed by atoms with Gasteiger partial charge in [-0.3, -0.25) is 9.59 Å². The summed E-state index contributed by atoms with van der Waals surface area (Å²) in [6, 6.07) is 17.3. The van der Waals surface area contributed by atoms with Crippen LogP contribution >= 0.6 is 0 Å². The third-order valence-electron chi connectivity index (χ3n) is 8.17. The van der Waals surface area contributed by atoms with Crippen molar-refractivity contribution in [2.45, 2.75) is 31.8 Å². The third kappa shape index (κ3) is 8.98. The normalized spacial score (nSPS) is 16.8. The lowest BCUT2D eigenvalue weighted by atomic mass is 10.1. The zero-order chi connectivity index (χ0) is 32.3. The van der Waals surface area contributed by atoms with Gasteiger partial charge in [0.2, 0.25) is 11.8 Å². The second kappa shape index (κ2) is 16.1. The predicted octanol–water partition coefficient (Wildman–Crippen LogP) is 2.43. The number of nitrogen functional groups attached to an aromatic ring is 1. The average molecular weight is 634 g/mol. The Morgan fingerprint density at radius 1 is 0.848 bits per heavy atom. The van der Waals surface area contributed by atoms with E-state index in [2.05, 4.69) is 44.3 Å². The molecule has 2 saturated heterocycles. The van der Waals surface area contributed by atoms with E-state index >= 15 is 0 Å². The van der Waals surface area contributed by atoms with Gasteiger partial charge < -0.3 is 45.5 Å². The number of hydrogen-bond donors (Lipinski definition) is 3. The summed E-state index contributed by atoms with van der Waals surface area (Å²) in [5.74, 6) is 0.496. The lowest BCUT2D eigenvalue weighted by molar-refractivity contribution is -0.132. The zero-order valence-electron chi connectivity index (χ0n) is 26.1. The number of piperazine rings is 1. The number of piperidine rings is 1. The number of ether oxygens (including phenoxy) is 3. The van der Waals surface area contributed by atoms with Gasteiger partial charge in [-0.15, -0.1) is 10.2 Å². The number of anilines is 3. The van der Waals surface area contributed by atoms with Gasteiger partial charge in [-0.2, -0.15) is 0 Å². The minimum atomic E-state index is -0.393. The second-order valence-electron chi connectivity index (χ2n) is 11.4. The quantitative estimate of drug-likeness (QED) is 0.223. The number of phenols is 1. The van der Waals surface area contributed by atoms with Crippen molar-refractivity contribution in [3.05, 3.63) is 54.6 Å². The van der Waals surface area contributed by atoms with Crippen LogP contribution in [0.2, 0.25) is 0 Å². The topological polar surface area (TPSA) is 170 Å². The van der Waals surface area contributed by atoms with Gasteiger partial charge in [0, 0.05) is 62.1 Å². The Hall–Kier alpha value is -4.62. The van der Waals surface area contributed by atoms with Gasteiger partial charge >= 0.3 is 0 Å². The van der Waals surface area contributed by atoms with E-state index < -0.39 is 5.91 Å². The van der Waals surface area contributed by atoms with Gasteiger partial charge in [0.1, 0.15) is 17.5 Å². The molecule has 2 aliphatic heterocycles. The Kier molecular flexibility index (Phi) is 11.5. The van der Waals surface area contributed by atoms with Crippen molar-refractivity contribution in [2.75, 3.05) is 81.2 Å². The fourth-order valence-corrected chi connectivity index (χ4v) is 5.65. The van der Waals surface area contributed by atoms with Gasteiger partial charge in [-0.05, 0) is 49.2 Å². The van der Waals surface area contributed by atoms with Crippen molar-refractivity contribution < 1.29 is 28.9 Å². The van der Waals surface area contributed by atoms with E-state index in [4.69, 9.17) is 25.7 Å². The first-order valence-corrected chi connectivity index (χ1v) is 15.8. The largest absolute Gasteiger partial charge is 0.507 e. The number of amides is 2. The molecule has 2 amide bonds. The molecule has 0 bridgehead atoms. The maximum absolute atomic E-state index is 12.6. The van der Waals surface area contributed by atoms with Crippen LogP contribution in [0.25, 0.3) is 11.3 Å². The number of rotatable bonds is 14. The van der Waals surface area contributed by atoms with Crippen molar-refractivity contribution in [1.29, 1.82) is 0 Å². The highest BCUT2D eigenvalue weighted by Gasteiger charge is 2.25. The molecule has 5 rings (SSSR count).